The topological polar surface area (TPSA) is 84.0 Å². The fourth-order valence-corrected chi connectivity index (χ4v) is 2.09. The Morgan fingerprint density at radius 3 is 2.89 bits per heavy atom. The normalized spacial score (nSPS) is 21.7. The van der Waals surface area contributed by atoms with Gasteiger partial charge in [-0.15, -0.1) is 0 Å². The lowest BCUT2D eigenvalue weighted by atomic mass is 10.3. The Bertz CT molecular complexity index is 578. The van der Waals surface area contributed by atoms with E-state index in [1.807, 2.05) is 0 Å². The van der Waals surface area contributed by atoms with Crippen LogP contribution >= 0.6 is 15.9 Å². The lowest BCUT2D eigenvalue weighted by Crippen LogP contribution is -2.36. The van der Waals surface area contributed by atoms with Gasteiger partial charge in [0.1, 0.15) is 6.54 Å². The highest BCUT2D eigenvalue weighted by Gasteiger charge is 2.32. The van der Waals surface area contributed by atoms with Gasteiger partial charge >= 0.3 is 5.69 Å². The number of amides is 1. The Hall–Kier alpha value is -1.37. The molecule has 6 nitrogen and oxygen atoms in total. The molecule has 0 saturated heterocycles. The Balaban J connectivity index is 1.96. The molecule has 7 heteroatoms. The van der Waals surface area contributed by atoms with Gasteiger partial charge in [-0.2, -0.15) is 0 Å². The highest BCUT2D eigenvalue weighted by Crippen LogP contribution is 2.36. The van der Waals surface area contributed by atoms with Crippen LogP contribution in [0.25, 0.3) is 0 Å². The van der Waals surface area contributed by atoms with E-state index in [9.17, 15) is 14.4 Å². The van der Waals surface area contributed by atoms with Crippen molar-refractivity contribution in [1.29, 1.82) is 0 Å². The summed E-state index contributed by atoms with van der Waals surface area (Å²) in [7, 11) is 0. The minimum Gasteiger partial charge on any atom is -0.354 e. The number of nitrogens with zero attached hydrogens (tertiary/aromatic N) is 1. The van der Waals surface area contributed by atoms with Crippen molar-refractivity contribution in [2.24, 2.45) is 11.8 Å². The first kappa shape index (κ1) is 13.1. The van der Waals surface area contributed by atoms with Crippen molar-refractivity contribution in [3.05, 3.63) is 31.5 Å². The Morgan fingerprint density at radius 2 is 2.28 bits per heavy atom. The predicted octanol–water partition coefficient (Wildman–Crippen LogP) is 0.0713. The zero-order valence-corrected chi connectivity index (χ0v) is 11.5. The maximum absolute atomic E-state index is 11.6. The molecule has 1 aromatic heterocycles. The van der Waals surface area contributed by atoms with Gasteiger partial charge in [0.05, 0.1) is 4.47 Å². The number of carbonyl (C=O) groups is 1. The van der Waals surface area contributed by atoms with Crippen LogP contribution in [0.4, 0.5) is 0 Å². The summed E-state index contributed by atoms with van der Waals surface area (Å²) >= 11 is 3.02. The second-order valence-corrected chi connectivity index (χ2v) is 5.50. The van der Waals surface area contributed by atoms with Crippen LogP contribution in [0.2, 0.25) is 0 Å². The number of carbonyl (C=O) groups excluding carboxylic acids is 1. The summed E-state index contributed by atoms with van der Waals surface area (Å²) in [6.07, 6.45) is 2.46. The Morgan fingerprint density at radius 1 is 1.61 bits per heavy atom. The average molecular weight is 316 g/mol. The summed E-state index contributed by atoms with van der Waals surface area (Å²) in [5.41, 5.74) is -1.08. The van der Waals surface area contributed by atoms with E-state index in [0.29, 0.717) is 18.4 Å². The molecule has 2 rings (SSSR count). The van der Waals surface area contributed by atoms with Gasteiger partial charge in [0.2, 0.25) is 5.91 Å². The first-order valence-corrected chi connectivity index (χ1v) is 6.52. The fourth-order valence-electron chi connectivity index (χ4n) is 1.74. The van der Waals surface area contributed by atoms with E-state index in [0.717, 1.165) is 11.0 Å². The molecule has 98 valence electrons. The van der Waals surface area contributed by atoms with E-state index in [1.165, 1.54) is 6.20 Å². The third-order valence-corrected chi connectivity index (χ3v) is 3.68. The van der Waals surface area contributed by atoms with E-state index < -0.39 is 11.2 Å². The standard InChI is InChI=1S/C11H14BrN3O3/c1-6-2-7(6)3-13-9(16)5-15-4-8(12)10(17)14-11(15)18/h4,6-7H,2-3,5H2,1H3,(H,13,16)(H,14,17,18)/t6-,7+/m0/s1. The molecule has 1 aromatic rings. The van der Waals surface area contributed by atoms with E-state index in [1.54, 1.807) is 0 Å². The van der Waals surface area contributed by atoms with Gasteiger partial charge in [-0.05, 0) is 34.2 Å². The number of hydrogen-bond acceptors (Lipinski definition) is 3. The van der Waals surface area contributed by atoms with Crippen LogP contribution in [-0.2, 0) is 11.3 Å². The van der Waals surface area contributed by atoms with Gasteiger partial charge in [0, 0.05) is 12.7 Å². The van der Waals surface area contributed by atoms with Gasteiger partial charge in [0.15, 0.2) is 0 Å². The SMILES string of the molecule is C[C@H]1C[C@@H]1CNC(=O)Cn1cc(Br)c(=O)[nH]c1=O. The van der Waals surface area contributed by atoms with Gasteiger partial charge in [-0.3, -0.25) is 19.1 Å². The van der Waals surface area contributed by atoms with Crippen molar-refractivity contribution >= 4 is 21.8 Å². The van der Waals surface area contributed by atoms with Crippen LogP contribution in [0.5, 0.6) is 0 Å². The summed E-state index contributed by atoms with van der Waals surface area (Å²) in [6.45, 7) is 2.70. The summed E-state index contributed by atoms with van der Waals surface area (Å²) < 4.78 is 1.39. The largest absolute Gasteiger partial charge is 0.354 e. The lowest BCUT2D eigenvalue weighted by molar-refractivity contribution is -0.121. The molecule has 0 bridgehead atoms. The molecular weight excluding hydrogens is 302 g/mol. The highest BCUT2D eigenvalue weighted by atomic mass is 79.9. The number of aromatic amines is 1. The van der Waals surface area contributed by atoms with E-state index >= 15 is 0 Å². The maximum atomic E-state index is 11.6. The Labute approximate surface area is 112 Å². The van der Waals surface area contributed by atoms with Gasteiger partial charge in [-0.1, -0.05) is 6.92 Å². The predicted molar refractivity (Wildman–Crippen MR) is 69.3 cm³/mol. The summed E-state index contributed by atoms with van der Waals surface area (Å²) in [4.78, 5) is 36.3. The molecule has 0 aromatic carbocycles. The summed E-state index contributed by atoms with van der Waals surface area (Å²) in [5, 5.41) is 2.78. The van der Waals surface area contributed by atoms with Gasteiger partial charge in [-0.25, -0.2) is 4.79 Å². The molecule has 2 atom stereocenters. The molecule has 1 amide bonds. The van der Waals surface area contributed by atoms with Gasteiger partial charge in [0.25, 0.3) is 5.56 Å². The van der Waals surface area contributed by atoms with Crippen LogP contribution in [0.3, 0.4) is 0 Å². The molecule has 0 radical (unpaired) electrons. The van der Waals surface area contributed by atoms with Crippen molar-refractivity contribution < 1.29 is 4.79 Å². The summed E-state index contributed by atoms with van der Waals surface area (Å²) in [6, 6.07) is 0. The molecule has 1 fully saturated rings. The second kappa shape index (κ2) is 5.09. The third kappa shape index (κ3) is 3.10. The molecule has 0 aliphatic heterocycles. The first-order valence-electron chi connectivity index (χ1n) is 5.73. The molecule has 2 N–H and O–H groups in total. The zero-order chi connectivity index (χ0) is 13.3. The molecule has 1 heterocycles. The second-order valence-electron chi connectivity index (χ2n) is 4.64. The molecule has 18 heavy (non-hydrogen) atoms. The van der Waals surface area contributed by atoms with Crippen molar-refractivity contribution in [3.63, 3.8) is 0 Å². The monoisotopic (exact) mass is 315 g/mol. The number of hydrogen-bond donors (Lipinski definition) is 2. The maximum Gasteiger partial charge on any atom is 0.328 e. The van der Waals surface area contributed by atoms with Crippen LogP contribution in [-0.4, -0.2) is 22.0 Å². The molecule has 1 aliphatic rings. The van der Waals surface area contributed by atoms with Crippen LogP contribution in [0.1, 0.15) is 13.3 Å². The van der Waals surface area contributed by atoms with Crippen molar-refractivity contribution in [3.8, 4) is 0 Å². The van der Waals surface area contributed by atoms with Crippen LogP contribution in [0.15, 0.2) is 20.3 Å². The lowest BCUT2D eigenvalue weighted by Gasteiger charge is -2.06. The van der Waals surface area contributed by atoms with E-state index in [-0.39, 0.29) is 16.9 Å². The molecule has 0 unspecified atom stereocenters. The summed E-state index contributed by atoms with van der Waals surface area (Å²) in [5.74, 6) is 1.01. The van der Waals surface area contributed by atoms with Crippen molar-refractivity contribution in [2.45, 2.75) is 19.9 Å². The number of nitrogens with one attached hydrogen (secondary N) is 2. The smallest absolute Gasteiger partial charge is 0.328 e. The number of halogens is 1. The minimum atomic E-state index is -0.585. The minimum absolute atomic E-state index is 0.0880. The average Bonchev–Trinajstić information content (AvgIpc) is 3.00. The van der Waals surface area contributed by atoms with E-state index in [4.69, 9.17) is 0 Å². The molecule has 0 spiro atoms. The van der Waals surface area contributed by atoms with Crippen LogP contribution < -0.4 is 16.6 Å². The molecule has 1 aliphatic carbocycles. The quantitative estimate of drug-likeness (QED) is 0.824. The fraction of sp³-hybridized carbons (Fsp3) is 0.545. The first-order chi connectivity index (χ1) is 8.47. The Kier molecular flexibility index (Phi) is 3.70. The highest BCUT2D eigenvalue weighted by molar-refractivity contribution is 9.10. The molecular formula is C11H14BrN3O3. The number of rotatable bonds is 4. The number of aromatic nitrogens is 2. The van der Waals surface area contributed by atoms with Gasteiger partial charge < -0.3 is 5.32 Å². The zero-order valence-electron chi connectivity index (χ0n) is 9.90. The molecule has 1 saturated carbocycles. The third-order valence-electron chi connectivity index (χ3n) is 3.12. The van der Waals surface area contributed by atoms with E-state index in [2.05, 4.69) is 33.2 Å². The van der Waals surface area contributed by atoms with Crippen molar-refractivity contribution in [1.82, 2.24) is 14.9 Å². The van der Waals surface area contributed by atoms with Crippen LogP contribution in [0, 0.1) is 11.8 Å². The van der Waals surface area contributed by atoms with Crippen molar-refractivity contribution in [2.75, 3.05) is 6.54 Å². The number of H-pyrrole nitrogens is 1.